The van der Waals surface area contributed by atoms with Crippen LogP contribution in [0.1, 0.15) is 5.56 Å². The predicted molar refractivity (Wildman–Crippen MR) is 70.5 cm³/mol. The van der Waals surface area contributed by atoms with E-state index in [1.807, 2.05) is 18.2 Å². The van der Waals surface area contributed by atoms with E-state index in [-0.39, 0.29) is 18.2 Å². The Morgan fingerprint density at radius 2 is 2.00 bits per heavy atom. The molecule has 0 fully saturated rings. The van der Waals surface area contributed by atoms with Gasteiger partial charge in [0, 0.05) is 0 Å². The topological polar surface area (TPSA) is 119 Å². The van der Waals surface area contributed by atoms with Crippen LogP contribution in [0.5, 0.6) is 5.75 Å². The van der Waals surface area contributed by atoms with Crippen molar-refractivity contribution in [1.29, 1.82) is 0 Å². The van der Waals surface area contributed by atoms with Crippen LogP contribution in [0.15, 0.2) is 24.3 Å². The number of esters is 1. The molecule has 1 unspecified atom stereocenters. The van der Waals surface area contributed by atoms with Crippen molar-refractivity contribution in [3.8, 4) is 5.75 Å². The monoisotopic (exact) mass is 486 g/mol. The SMILES string of the molecule is COC([CH2][Hg])Cc1ccccc1OCC(=O)OC(N)=O.O. The molecule has 1 aromatic carbocycles. The Labute approximate surface area is 139 Å². The molecule has 4 N–H and O–H groups in total. The Bertz CT molecular complexity index is 464. The molecule has 0 spiro atoms. The van der Waals surface area contributed by atoms with Crippen LogP contribution in [0.2, 0.25) is 3.93 Å². The molecule has 21 heavy (non-hydrogen) atoms. The molecular weight excluding hydrogens is 467 g/mol. The molecule has 0 saturated carbocycles. The van der Waals surface area contributed by atoms with Crippen LogP contribution in [0.3, 0.4) is 0 Å². The molecule has 1 atom stereocenters. The third-order valence-electron chi connectivity index (χ3n) is 2.64. The van der Waals surface area contributed by atoms with Crippen molar-refractivity contribution in [3.05, 3.63) is 29.8 Å². The van der Waals surface area contributed by atoms with Gasteiger partial charge in [-0.15, -0.1) is 0 Å². The Morgan fingerprint density at radius 3 is 2.57 bits per heavy atom. The molecule has 1 aromatic rings. The van der Waals surface area contributed by atoms with E-state index >= 15 is 0 Å². The van der Waals surface area contributed by atoms with Crippen molar-refractivity contribution >= 4 is 12.1 Å². The van der Waals surface area contributed by atoms with Crippen LogP contribution in [-0.4, -0.2) is 37.4 Å². The van der Waals surface area contributed by atoms with Crippen molar-refractivity contribution < 1.29 is 55.4 Å². The first-order chi connectivity index (χ1) is 9.56. The van der Waals surface area contributed by atoms with E-state index in [1.165, 1.54) is 0 Å². The second-order valence-corrected chi connectivity index (χ2v) is 6.28. The molecule has 0 aliphatic heterocycles. The fourth-order valence-corrected chi connectivity index (χ4v) is 3.35. The average Bonchev–Trinajstić information content (AvgIpc) is 2.42. The molecule has 0 aliphatic carbocycles. The number of methoxy groups -OCH3 is 1. The van der Waals surface area contributed by atoms with Gasteiger partial charge in [-0.3, -0.25) is 0 Å². The molecule has 0 heterocycles. The zero-order valence-corrected chi connectivity index (χ0v) is 17.3. The van der Waals surface area contributed by atoms with Crippen molar-refractivity contribution in [2.45, 2.75) is 16.5 Å². The fraction of sp³-hybridized carbons (Fsp3) is 0.385. The quantitative estimate of drug-likeness (QED) is 0.341. The summed E-state index contributed by atoms with van der Waals surface area (Å²) in [6.45, 7) is -0.359. The van der Waals surface area contributed by atoms with Crippen molar-refractivity contribution in [2.24, 2.45) is 5.73 Å². The number of hydrogen-bond donors (Lipinski definition) is 1. The third-order valence-corrected chi connectivity index (χ3v) is 5.14. The van der Waals surface area contributed by atoms with E-state index in [0.717, 1.165) is 15.9 Å². The summed E-state index contributed by atoms with van der Waals surface area (Å²) in [5, 5.41) is 0. The van der Waals surface area contributed by atoms with E-state index in [0.29, 0.717) is 31.9 Å². The van der Waals surface area contributed by atoms with Crippen LogP contribution >= 0.6 is 0 Å². The molecule has 0 bridgehead atoms. The number of primary amides is 1. The number of nitrogens with two attached hydrogens (primary N) is 1. The zero-order chi connectivity index (χ0) is 15.0. The molecule has 1 amide bonds. The molecular formula is C13H18HgNO6. The number of amides is 1. The van der Waals surface area contributed by atoms with Gasteiger partial charge in [0.05, 0.1) is 0 Å². The molecule has 1 rings (SSSR count). The van der Waals surface area contributed by atoms with E-state index < -0.39 is 12.1 Å². The predicted octanol–water partition coefficient (Wildman–Crippen LogP) is 0.385. The van der Waals surface area contributed by atoms with E-state index in [2.05, 4.69) is 4.74 Å². The number of benzene rings is 1. The molecule has 7 nitrogen and oxygen atoms in total. The number of hydrogen-bond acceptors (Lipinski definition) is 5. The van der Waals surface area contributed by atoms with Crippen molar-refractivity contribution in [1.82, 2.24) is 0 Å². The standard InChI is InChI=1S/C13H16NO5.Hg.H2O/c1-9(17-2)7-10-5-3-4-6-11(10)18-8-12(15)19-13(14)16;;/h3-6,9H,1,7-8H2,2H3,(H2,14,16);;1H2. The number of carbonyl (C=O) groups is 2. The minimum atomic E-state index is -1.13. The molecule has 113 valence electrons. The summed E-state index contributed by atoms with van der Waals surface area (Å²) in [7, 11) is 1.69. The number of para-hydroxylation sites is 1. The van der Waals surface area contributed by atoms with Gasteiger partial charge in [0.2, 0.25) is 0 Å². The Balaban J connectivity index is 0.00000400. The molecule has 0 radical (unpaired) electrons. The van der Waals surface area contributed by atoms with Gasteiger partial charge in [-0.05, 0) is 0 Å². The van der Waals surface area contributed by atoms with Gasteiger partial charge >= 0.3 is 133 Å². The first kappa shape index (κ1) is 19.8. The Kier molecular flexibility index (Phi) is 9.93. The summed E-state index contributed by atoms with van der Waals surface area (Å²) >= 11 is 0.654. The maximum atomic E-state index is 11.2. The fourth-order valence-electron chi connectivity index (χ4n) is 1.64. The van der Waals surface area contributed by atoms with Crippen LogP contribution < -0.4 is 10.5 Å². The summed E-state index contributed by atoms with van der Waals surface area (Å²) in [6.07, 6.45) is -0.244. The summed E-state index contributed by atoms with van der Waals surface area (Å²) in [4.78, 5) is 21.6. The van der Waals surface area contributed by atoms with Crippen molar-refractivity contribution in [3.63, 3.8) is 0 Å². The second-order valence-electron chi connectivity index (χ2n) is 4.04. The summed E-state index contributed by atoms with van der Waals surface area (Å²) in [5.74, 6) is -0.237. The zero-order valence-electron chi connectivity index (χ0n) is 11.8. The summed E-state index contributed by atoms with van der Waals surface area (Å²) in [5.41, 5.74) is 5.70. The van der Waals surface area contributed by atoms with Gasteiger partial charge in [-0.1, -0.05) is 0 Å². The largest absolute Gasteiger partial charge is 0.412 e. The maximum Gasteiger partial charge on any atom is -0.412 e. The maximum absolute atomic E-state index is 11.2. The number of carbonyl (C=O) groups excluding carboxylic acids is 2. The first-order valence-electron chi connectivity index (χ1n) is 6.09. The Morgan fingerprint density at radius 1 is 1.33 bits per heavy atom. The number of rotatable bonds is 7. The Hall–Kier alpha value is -1.18. The molecule has 0 aromatic heterocycles. The van der Waals surface area contributed by atoms with Gasteiger partial charge in [0.1, 0.15) is 0 Å². The minimum Gasteiger partial charge on any atom is -0.412 e. The van der Waals surface area contributed by atoms with Crippen LogP contribution in [0, 0.1) is 0 Å². The average molecular weight is 485 g/mol. The minimum absolute atomic E-state index is 0. The normalized spacial score (nSPS) is 11.2. The summed E-state index contributed by atoms with van der Waals surface area (Å²) in [6, 6.07) is 7.39. The number of ether oxygens (including phenoxy) is 3. The van der Waals surface area contributed by atoms with Gasteiger partial charge in [0.25, 0.3) is 0 Å². The van der Waals surface area contributed by atoms with E-state index in [4.69, 9.17) is 15.2 Å². The summed E-state index contributed by atoms with van der Waals surface area (Å²) < 4.78 is 16.0. The van der Waals surface area contributed by atoms with Crippen LogP contribution in [0.25, 0.3) is 0 Å². The van der Waals surface area contributed by atoms with Gasteiger partial charge in [0.15, 0.2) is 0 Å². The van der Waals surface area contributed by atoms with Gasteiger partial charge in [-0.25, -0.2) is 0 Å². The third kappa shape index (κ3) is 7.40. The van der Waals surface area contributed by atoms with Gasteiger partial charge < -0.3 is 5.48 Å². The second kappa shape index (κ2) is 10.5. The smallest absolute Gasteiger partial charge is 0.412 e. The first-order valence-corrected chi connectivity index (χ1v) is 9.98. The molecule has 0 saturated heterocycles. The van der Waals surface area contributed by atoms with Crippen LogP contribution in [0.4, 0.5) is 4.79 Å². The van der Waals surface area contributed by atoms with Crippen molar-refractivity contribution in [2.75, 3.05) is 13.7 Å². The van der Waals surface area contributed by atoms with E-state index in [9.17, 15) is 9.59 Å². The molecule has 8 heteroatoms. The molecule has 0 aliphatic rings. The van der Waals surface area contributed by atoms with Crippen LogP contribution in [-0.2, 0) is 46.8 Å². The van der Waals surface area contributed by atoms with E-state index in [1.54, 1.807) is 13.2 Å². The van der Waals surface area contributed by atoms with Gasteiger partial charge in [-0.2, -0.15) is 0 Å².